The predicted molar refractivity (Wildman–Crippen MR) is 75.6 cm³/mol. The van der Waals surface area contributed by atoms with Crippen molar-refractivity contribution in [3.63, 3.8) is 0 Å². The van der Waals surface area contributed by atoms with Crippen molar-refractivity contribution in [2.24, 2.45) is 0 Å². The van der Waals surface area contributed by atoms with Crippen molar-refractivity contribution < 1.29 is 13.2 Å². The monoisotopic (exact) mass is 325 g/mol. The Morgan fingerprint density at radius 3 is 2.95 bits per heavy atom. The van der Waals surface area contributed by atoms with Crippen molar-refractivity contribution in [2.75, 3.05) is 19.7 Å². The summed E-state index contributed by atoms with van der Waals surface area (Å²) in [6.07, 6.45) is 1.97. The minimum Gasteiger partial charge on any atom is -0.368 e. The zero-order chi connectivity index (χ0) is 15.7. The van der Waals surface area contributed by atoms with Crippen molar-refractivity contribution in [3.05, 3.63) is 40.3 Å². The maximum absolute atomic E-state index is 12.5. The molecule has 1 saturated heterocycles. The highest BCUT2D eigenvalue weighted by Crippen LogP contribution is 2.23. The van der Waals surface area contributed by atoms with Crippen LogP contribution in [0, 0.1) is 6.92 Å². The molecule has 0 saturated carbocycles. The number of H-pyrrole nitrogens is 2. The van der Waals surface area contributed by atoms with Gasteiger partial charge in [0.1, 0.15) is 16.8 Å². The van der Waals surface area contributed by atoms with E-state index in [9.17, 15) is 13.2 Å². The van der Waals surface area contributed by atoms with E-state index in [4.69, 9.17) is 4.74 Å². The van der Waals surface area contributed by atoms with Crippen LogP contribution in [0.1, 0.15) is 17.6 Å². The number of morpholine rings is 1. The number of aromatic amines is 2. The van der Waals surface area contributed by atoms with Gasteiger partial charge in [0.15, 0.2) is 0 Å². The molecule has 3 heterocycles. The molecule has 0 aromatic carbocycles. The van der Waals surface area contributed by atoms with Gasteiger partial charge >= 0.3 is 0 Å². The van der Waals surface area contributed by atoms with Crippen molar-refractivity contribution in [1.82, 2.24) is 24.5 Å². The summed E-state index contributed by atoms with van der Waals surface area (Å²) in [5.41, 5.74) is 0.262. The van der Waals surface area contributed by atoms with Crippen LogP contribution in [0.2, 0.25) is 0 Å². The van der Waals surface area contributed by atoms with Gasteiger partial charge in [-0.1, -0.05) is 0 Å². The van der Waals surface area contributed by atoms with Crippen molar-refractivity contribution in [1.29, 1.82) is 0 Å². The smallest absolute Gasteiger partial charge is 0.251 e. The zero-order valence-corrected chi connectivity index (χ0v) is 12.6. The molecule has 0 spiro atoms. The number of nitrogens with zero attached hydrogens (tertiary/aromatic N) is 3. The van der Waals surface area contributed by atoms with E-state index in [-0.39, 0.29) is 30.2 Å². The molecular formula is C12H15N5O4S. The lowest BCUT2D eigenvalue weighted by molar-refractivity contribution is -0.00774. The van der Waals surface area contributed by atoms with Crippen LogP contribution < -0.4 is 5.56 Å². The fourth-order valence-corrected chi connectivity index (χ4v) is 3.63. The number of rotatable bonds is 3. The van der Waals surface area contributed by atoms with Gasteiger partial charge in [-0.15, -0.1) is 0 Å². The third-order valence-corrected chi connectivity index (χ3v) is 5.16. The Morgan fingerprint density at radius 1 is 1.45 bits per heavy atom. The molecule has 1 fully saturated rings. The summed E-state index contributed by atoms with van der Waals surface area (Å²) in [4.78, 5) is 18.4. The second-order valence-corrected chi connectivity index (χ2v) is 6.87. The molecule has 0 bridgehead atoms. The van der Waals surface area contributed by atoms with E-state index in [1.807, 2.05) is 0 Å². The molecule has 9 nitrogen and oxygen atoms in total. The van der Waals surface area contributed by atoms with Gasteiger partial charge in [-0.05, 0) is 6.92 Å². The SMILES string of the molecule is Cc1cc(=O)[nH]c([C@H]2CN(S(=O)(=O)c3cn[nH]c3)CCO2)n1. The van der Waals surface area contributed by atoms with Gasteiger partial charge < -0.3 is 9.72 Å². The lowest BCUT2D eigenvalue weighted by atomic mass is 10.3. The molecule has 1 aliphatic rings. The van der Waals surface area contributed by atoms with Crippen LogP contribution in [0.3, 0.4) is 0 Å². The van der Waals surface area contributed by atoms with Crippen LogP contribution in [-0.4, -0.2) is 52.6 Å². The number of aromatic nitrogens is 4. The maximum Gasteiger partial charge on any atom is 0.251 e. The fourth-order valence-electron chi connectivity index (χ4n) is 2.29. The maximum atomic E-state index is 12.5. The summed E-state index contributed by atoms with van der Waals surface area (Å²) in [5.74, 6) is 0.331. The van der Waals surface area contributed by atoms with E-state index in [0.717, 1.165) is 0 Å². The van der Waals surface area contributed by atoms with E-state index >= 15 is 0 Å². The van der Waals surface area contributed by atoms with E-state index < -0.39 is 16.1 Å². The Bertz CT molecular complexity index is 814. The fraction of sp³-hybridized carbons (Fsp3) is 0.417. The zero-order valence-electron chi connectivity index (χ0n) is 11.8. The average Bonchev–Trinajstić information content (AvgIpc) is 3.01. The van der Waals surface area contributed by atoms with Crippen LogP contribution in [0.25, 0.3) is 0 Å². The molecule has 118 valence electrons. The Kier molecular flexibility index (Phi) is 3.81. The van der Waals surface area contributed by atoms with Crippen LogP contribution >= 0.6 is 0 Å². The third-order valence-electron chi connectivity index (χ3n) is 3.33. The Hall–Kier alpha value is -2.04. The number of hydrogen-bond acceptors (Lipinski definition) is 6. The average molecular weight is 325 g/mol. The molecular weight excluding hydrogens is 310 g/mol. The van der Waals surface area contributed by atoms with Gasteiger partial charge in [-0.3, -0.25) is 9.89 Å². The number of hydrogen-bond donors (Lipinski definition) is 2. The summed E-state index contributed by atoms with van der Waals surface area (Å²) in [6.45, 7) is 2.24. The predicted octanol–water partition coefficient (Wildman–Crippen LogP) is -0.436. The number of sulfonamides is 1. The summed E-state index contributed by atoms with van der Waals surface area (Å²) < 4.78 is 31.8. The Morgan fingerprint density at radius 2 is 2.27 bits per heavy atom. The van der Waals surface area contributed by atoms with Crippen LogP contribution in [0.5, 0.6) is 0 Å². The third kappa shape index (κ3) is 2.80. The van der Waals surface area contributed by atoms with Crippen molar-refractivity contribution in [2.45, 2.75) is 17.9 Å². The Balaban J connectivity index is 1.87. The van der Waals surface area contributed by atoms with Crippen molar-refractivity contribution >= 4 is 10.0 Å². The van der Waals surface area contributed by atoms with Crippen LogP contribution in [-0.2, 0) is 14.8 Å². The number of nitrogens with one attached hydrogen (secondary N) is 2. The van der Waals surface area contributed by atoms with E-state index in [2.05, 4.69) is 20.2 Å². The molecule has 10 heteroatoms. The first-order chi connectivity index (χ1) is 10.5. The molecule has 0 radical (unpaired) electrons. The van der Waals surface area contributed by atoms with Crippen LogP contribution in [0.4, 0.5) is 0 Å². The normalized spacial score (nSPS) is 20.1. The first-order valence-corrected chi connectivity index (χ1v) is 8.09. The van der Waals surface area contributed by atoms with Gasteiger partial charge in [-0.25, -0.2) is 13.4 Å². The lowest BCUT2D eigenvalue weighted by Gasteiger charge is -2.31. The highest BCUT2D eigenvalue weighted by Gasteiger charge is 2.33. The van der Waals surface area contributed by atoms with Gasteiger partial charge in [0.25, 0.3) is 5.56 Å². The first-order valence-electron chi connectivity index (χ1n) is 6.65. The van der Waals surface area contributed by atoms with Crippen molar-refractivity contribution in [3.8, 4) is 0 Å². The van der Waals surface area contributed by atoms with E-state index in [0.29, 0.717) is 11.5 Å². The highest BCUT2D eigenvalue weighted by molar-refractivity contribution is 7.89. The minimum atomic E-state index is -3.64. The van der Waals surface area contributed by atoms with Gasteiger partial charge in [0.05, 0.1) is 12.8 Å². The second-order valence-electron chi connectivity index (χ2n) is 4.93. The molecule has 3 rings (SSSR count). The summed E-state index contributed by atoms with van der Waals surface area (Å²) in [7, 11) is -3.64. The molecule has 0 amide bonds. The molecule has 22 heavy (non-hydrogen) atoms. The van der Waals surface area contributed by atoms with Gasteiger partial charge in [-0.2, -0.15) is 9.40 Å². The number of ether oxygens (including phenoxy) is 1. The first kappa shape index (κ1) is 14.9. The standard InChI is InChI=1S/C12H15N5O4S/c1-8-4-11(18)16-12(15-8)10-7-17(2-3-21-10)22(19,20)9-5-13-14-6-9/h4-6,10H,2-3,7H2,1H3,(H,13,14)(H,15,16,18)/t10-/m1/s1. The summed E-state index contributed by atoms with van der Waals surface area (Å²) >= 11 is 0. The highest BCUT2D eigenvalue weighted by atomic mass is 32.2. The molecule has 0 aliphatic carbocycles. The van der Waals surface area contributed by atoms with Crippen LogP contribution in [0.15, 0.2) is 28.2 Å². The van der Waals surface area contributed by atoms with E-state index in [1.165, 1.54) is 22.8 Å². The minimum absolute atomic E-state index is 0.0832. The lowest BCUT2D eigenvalue weighted by Crippen LogP contribution is -2.42. The molecule has 1 atom stereocenters. The topological polar surface area (TPSA) is 121 Å². The van der Waals surface area contributed by atoms with E-state index in [1.54, 1.807) is 6.92 Å². The molecule has 2 aromatic heterocycles. The molecule has 2 N–H and O–H groups in total. The summed E-state index contributed by atoms with van der Waals surface area (Å²) in [6, 6.07) is 1.37. The molecule has 1 aliphatic heterocycles. The Labute approximate surface area is 126 Å². The van der Waals surface area contributed by atoms with Gasteiger partial charge in [0.2, 0.25) is 10.0 Å². The largest absolute Gasteiger partial charge is 0.368 e. The molecule has 0 unspecified atom stereocenters. The summed E-state index contributed by atoms with van der Waals surface area (Å²) in [5, 5.41) is 6.15. The second kappa shape index (κ2) is 5.63. The number of aryl methyl sites for hydroxylation is 1. The van der Waals surface area contributed by atoms with Gasteiger partial charge in [0, 0.05) is 31.0 Å². The molecule has 2 aromatic rings. The quantitative estimate of drug-likeness (QED) is 0.789.